The molecule has 0 aromatic heterocycles. The molecule has 0 aromatic carbocycles. The van der Waals surface area contributed by atoms with Crippen molar-refractivity contribution < 1.29 is 13.0 Å². The van der Waals surface area contributed by atoms with E-state index in [-0.39, 0.29) is 12.1 Å². The van der Waals surface area contributed by atoms with Crippen molar-refractivity contribution in [3.05, 3.63) is 0 Å². The highest BCUT2D eigenvalue weighted by atomic mass is 16.5. The minimum atomic E-state index is -2.38. The topological polar surface area (TPSA) is 21.3 Å². The quantitative estimate of drug-likeness (QED) is 0.570. The SMILES string of the molecule is [2H]C([2H])([2H])NC1CC(OC([2H])([2H])[2H])C1. The second kappa shape index (κ2) is 2.46. The van der Waals surface area contributed by atoms with Crippen molar-refractivity contribution in [3.63, 3.8) is 0 Å². The lowest BCUT2D eigenvalue weighted by molar-refractivity contribution is 0.0196. The Morgan fingerprint density at radius 2 is 2.62 bits per heavy atom. The van der Waals surface area contributed by atoms with Crippen LogP contribution in [0.25, 0.3) is 0 Å². The van der Waals surface area contributed by atoms with Crippen molar-refractivity contribution in [2.24, 2.45) is 0 Å². The van der Waals surface area contributed by atoms with E-state index in [1.807, 2.05) is 0 Å². The summed E-state index contributed by atoms with van der Waals surface area (Å²) in [5.41, 5.74) is 0. The van der Waals surface area contributed by atoms with Gasteiger partial charge < -0.3 is 10.1 Å². The molecule has 0 aliphatic heterocycles. The van der Waals surface area contributed by atoms with Crippen LogP contribution in [0.3, 0.4) is 0 Å². The molecule has 2 nitrogen and oxygen atoms in total. The molecule has 8 heavy (non-hydrogen) atoms. The summed E-state index contributed by atoms with van der Waals surface area (Å²) in [6, 6.07) is -0.158. The molecule has 0 radical (unpaired) electrons. The van der Waals surface area contributed by atoms with Gasteiger partial charge in [0.05, 0.1) is 10.2 Å². The second-order valence-corrected chi connectivity index (χ2v) is 2.05. The lowest BCUT2D eigenvalue weighted by Gasteiger charge is -2.33. The van der Waals surface area contributed by atoms with Crippen LogP contribution < -0.4 is 5.32 Å². The van der Waals surface area contributed by atoms with E-state index in [0.29, 0.717) is 12.8 Å². The molecule has 0 saturated heterocycles. The molecule has 0 heterocycles. The summed E-state index contributed by atoms with van der Waals surface area (Å²) >= 11 is 0. The normalized spacial score (nSPS) is 51.0. The predicted octanol–water partition coefficient (Wildman–Crippen LogP) is 0.383. The van der Waals surface area contributed by atoms with E-state index in [9.17, 15) is 0 Å². The zero-order valence-electron chi connectivity index (χ0n) is 10.5. The first-order valence-electron chi connectivity index (χ1n) is 5.61. The Bertz CT molecular complexity index is 173. The molecule has 0 atom stereocenters. The van der Waals surface area contributed by atoms with Gasteiger partial charge in [-0.2, -0.15) is 0 Å². The zero-order valence-corrected chi connectivity index (χ0v) is 4.48. The van der Waals surface area contributed by atoms with Crippen LogP contribution in [0.1, 0.15) is 21.1 Å². The third-order valence-corrected chi connectivity index (χ3v) is 1.47. The maximum atomic E-state index is 6.92. The molecule has 1 aliphatic carbocycles. The molecule has 0 spiro atoms. The number of rotatable bonds is 2. The van der Waals surface area contributed by atoms with Gasteiger partial charge in [-0.05, 0) is 19.8 Å². The van der Waals surface area contributed by atoms with E-state index in [0.717, 1.165) is 0 Å². The minimum absolute atomic E-state index is 0.158. The lowest BCUT2D eigenvalue weighted by Crippen LogP contribution is -2.43. The van der Waals surface area contributed by atoms with Gasteiger partial charge >= 0.3 is 0 Å². The summed E-state index contributed by atoms with van der Waals surface area (Å²) in [6.07, 6.45) is 0.537. The fraction of sp³-hybridized carbons (Fsp3) is 1.00. The van der Waals surface area contributed by atoms with Crippen LogP contribution in [0.5, 0.6) is 0 Å². The van der Waals surface area contributed by atoms with E-state index >= 15 is 0 Å². The van der Waals surface area contributed by atoms with Gasteiger partial charge in [-0.15, -0.1) is 0 Å². The van der Waals surface area contributed by atoms with Crippen molar-refractivity contribution in [2.75, 3.05) is 14.0 Å². The summed E-state index contributed by atoms with van der Waals surface area (Å²) in [4.78, 5) is 0. The number of hydrogen-bond acceptors (Lipinski definition) is 2. The van der Waals surface area contributed by atoms with Crippen molar-refractivity contribution in [2.45, 2.75) is 25.0 Å². The number of nitrogens with one attached hydrogen (secondary N) is 1. The Labute approximate surface area is 58.7 Å². The Morgan fingerprint density at radius 1 is 1.75 bits per heavy atom. The van der Waals surface area contributed by atoms with E-state index < -0.39 is 14.0 Å². The van der Waals surface area contributed by atoms with Gasteiger partial charge in [0.25, 0.3) is 0 Å². The predicted molar refractivity (Wildman–Crippen MR) is 32.9 cm³/mol. The molecule has 1 aliphatic rings. The fourth-order valence-electron chi connectivity index (χ4n) is 0.780. The minimum Gasteiger partial charge on any atom is -0.381 e. The van der Waals surface area contributed by atoms with Gasteiger partial charge in [-0.1, -0.05) is 0 Å². The van der Waals surface area contributed by atoms with Crippen LogP contribution in [0.4, 0.5) is 0 Å². The molecule has 1 fully saturated rings. The molecule has 0 amide bonds. The maximum Gasteiger partial charge on any atom is 0.0601 e. The molecular formula is C6H13NO. The fourth-order valence-corrected chi connectivity index (χ4v) is 0.780. The first-order chi connectivity index (χ1) is 6.16. The van der Waals surface area contributed by atoms with Crippen molar-refractivity contribution in [3.8, 4) is 0 Å². The largest absolute Gasteiger partial charge is 0.381 e. The van der Waals surface area contributed by atoms with Crippen molar-refractivity contribution >= 4 is 0 Å². The zero-order chi connectivity index (χ0) is 11.0. The Morgan fingerprint density at radius 3 is 3.25 bits per heavy atom. The van der Waals surface area contributed by atoms with E-state index in [2.05, 4.69) is 5.32 Å². The lowest BCUT2D eigenvalue weighted by atomic mass is 9.90. The Kier molecular flexibility index (Phi) is 0.603. The number of ether oxygens (including phenoxy) is 1. The summed E-state index contributed by atoms with van der Waals surface area (Å²) in [6.45, 7) is -2.16. The van der Waals surface area contributed by atoms with Crippen LogP contribution in [0.15, 0.2) is 0 Å². The van der Waals surface area contributed by atoms with Crippen molar-refractivity contribution in [1.29, 1.82) is 0 Å². The average molecular weight is 121 g/mol. The smallest absolute Gasteiger partial charge is 0.0601 e. The van der Waals surface area contributed by atoms with Gasteiger partial charge in [0.15, 0.2) is 0 Å². The van der Waals surface area contributed by atoms with Crippen LogP contribution in [-0.4, -0.2) is 26.2 Å². The average Bonchev–Trinajstić information content (AvgIpc) is 1.75. The first-order valence-corrected chi connectivity index (χ1v) is 2.61. The van der Waals surface area contributed by atoms with E-state index in [1.54, 1.807) is 0 Å². The van der Waals surface area contributed by atoms with Gasteiger partial charge in [-0.25, -0.2) is 0 Å². The van der Waals surface area contributed by atoms with Gasteiger partial charge in [0, 0.05) is 17.2 Å². The molecule has 1 saturated carbocycles. The monoisotopic (exact) mass is 121 g/mol. The molecule has 2 heteroatoms. The standard InChI is InChI=1S/C6H13NO/c1-7-5-3-6(4-5)8-2/h5-7H,3-4H2,1-2H3/i1D3,2D3. The molecule has 1 N–H and O–H groups in total. The van der Waals surface area contributed by atoms with Gasteiger partial charge in [-0.3, -0.25) is 0 Å². The molecule has 48 valence electrons. The molecule has 0 aromatic rings. The first kappa shape index (κ1) is 1.96. The summed E-state index contributed by atoms with van der Waals surface area (Å²) in [7, 11) is -2.38. The van der Waals surface area contributed by atoms with Crippen LogP contribution in [0, 0.1) is 0 Å². The van der Waals surface area contributed by atoms with E-state index in [4.69, 9.17) is 13.0 Å². The summed E-state index contributed by atoms with van der Waals surface area (Å²) in [5, 5.41) is 2.41. The highest BCUT2D eigenvalue weighted by molar-refractivity contribution is 4.84. The highest BCUT2D eigenvalue weighted by Crippen LogP contribution is 2.21. The van der Waals surface area contributed by atoms with Gasteiger partial charge in [0.2, 0.25) is 0 Å². The second-order valence-electron chi connectivity index (χ2n) is 2.05. The summed E-state index contributed by atoms with van der Waals surface area (Å²) < 4.78 is 45.9. The third-order valence-electron chi connectivity index (χ3n) is 1.47. The van der Waals surface area contributed by atoms with Gasteiger partial charge in [0.1, 0.15) is 0 Å². The van der Waals surface area contributed by atoms with Crippen LogP contribution in [0.2, 0.25) is 0 Å². The molecule has 0 unspecified atom stereocenters. The highest BCUT2D eigenvalue weighted by Gasteiger charge is 2.26. The molecular weight excluding hydrogens is 102 g/mol. The third kappa shape index (κ3) is 1.01. The maximum absolute atomic E-state index is 6.92. The van der Waals surface area contributed by atoms with E-state index in [1.165, 1.54) is 0 Å². The van der Waals surface area contributed by atoms with Crippen LogP contribution in [-0.2, 0) is 4.74 Å². The number of methoxy groups -OCH3 is 1. The van der Waals surface area contributed by atoms with Crippen molar-refractivity contribution in [1.82, 2.24) is 5.32 Å². The Balaban J connectivity index is 2.18. The van der Waals surface area contributed by atoms with Crippen LogP contribution >= 0.6 is 0 Å². The number of hydrogen-bond donors (Lipinski definition) is 1. The molecule has 0 bridgehead atoms. The Hall–Kier alpha value is -0.0800. The summed E-state index contributed by atoms with van der Waals surface area (Å²) in [5.74, 6) is 0. The molecule has 1 rings (SSSR count).